The van der Waals surface area contributed by atoms with Gasteiger partial charge in [0.1, 0.15) is 0 Å². The Morgan fingerprint density at radius 2 is 2.00 bits per heavy atom. The van der Waals surface area contributed by atoms with Crippen molar-refractivity contribution in [1.29, 1.82) is 0 Å². The summed E-state index contributed by atoms with van der Waals surface area (Å²) in [6, 6.07) is 0.0712. The van der Waals surface area contributed by atoms with Gasteiger partial charge < -0.3 is 4.74 Å². The highest BCUT2D eigenvalue weighted by Crippen LogP contribution is 2.27. The number of esters is 1. The number of hydrogen-bond donors (Lipinski definition) is 1. The van der Waals surface area contributed by atoms with Gasteiger partial charge in [-0.05, 0) is 25.2 Å². The van der Waals surface area contributed by atoms with Crippen LogP contribution in [-0.4, -0.2) is 33.3 Å². The minimum atomic E-state index is -3.29. The molecule has 1 aliphatic rings. The lowest BCUT2D eigenvalue weighted by atomic mass is 9.83. The summed E-state index contributed by atoms with van der Waals surface area (Å²) < 4.78 is 31.2. The molecule has 0 spiro atoms. The van der Waals surface area contributed by atoms with E-state index >= 15 is 0 Å². The molecule has 1 saturated carbocycles. The second-order valence-corrected chi connectivity index (χ2v) is 7.05. The Labute approximate surface area is 116 Å². The van der Waals surface area contributed by atoms with E-state index in [1.165, 1.54) is 13.5 Å². The van der Waals surface area contributed by atoms with Gasteiger partial charge in [0.2, 0.25) is 10.0 Å². The molecule has 6 heteroatoms. The van der Waals surface area contributed by atoms with Crippen molar-refractivity contribution < 1.29 is 17.9 Å². The van der Waals surface area contributed by atoms with E-state index in [-0.39, 0.29) is 24.2 Å². The molecule has 0 aromatic rings. The van der Waals surface area contributed by atoms with E-state index in [0.29, 0.717) is 12.3 Å². The van der Waals surface area contributed by atoms with Crippen LogP contribution >= 0.6 is 0 Å². The topological polar surface area (TPSA) is 72.5 Å². The standard InChI is InChI=1S/C13H25NO4S/c1-3-11-7-4-5-8-12(11)14-19(16,17)10-6-9-13(15)18-2/h11-12,14H,3-10H2,1-2H3. The van der Waals surface area contributed by atoms with Gasteiger partial charge >= 0.3 is 5.97 Å². The number of carbonyl (C=O) groups is 1. The maximum Gasteiger partial charge on any atom is 0.305 e. The highest BCUT2D eigenvalue weighted by molar-refractivity contribution is 7.89. The summed E-state index contributed by atoms with van der Waals surface area (Å²) >= 11 is 0. The predicted molar refractivity (Wildman–Crippen MR) is 74.2 cm³/mol. The molecule has 1 N–H and O–H groups in total. The Morgan fingerprint density at radius 3 is 2.63 bits per heavy atom. The molecular formula is C13H25NO4S. The molecule has 1 rings (SSSR count). The van der Waals surface area contributed by atoms with Crippen LogP contribution in [-0.2, 0) is 19.6 Å². The molecule has 0 aliphatic heterocycles. The number of methoxy groups -OCH3 is 1. The average Bonchev–Trinajstić information content (AvgIpc) is 2.38. The van der Waals surface area contributed by atoms with E-state index in [9.17, 15) is 13.2 Å². The number of sulfonamides is 1. The van der Waals surface area contributed by atoms with Crippen LogP contribution in [0.25, 0.3) is 0 Å². The molecule has 0 saturated heterocycles. The molecule has 0 amide bonds. The number of carbonyl (C=O) groups excluding carboxylic acids is 1. The Hall–Kier alpha value is -0.620. The first-order chi connectivity index (χ1) is 8.98. The summed E-state index contributed by atoms with van der Waals surface area (Å²) in [6.45, 7) is 2.11. The zero-order chi connectivity index (χ0) is 14.3. The van der Waals surface area contributed by atoms with Crippen molar-refractivity contribution in [2.75, 3.05) is 12.9 Å². The van der Waals surface area contributed by atoms with Gasteiger partial charge in [0.25, 0.3) is 0 Å². The van der Waals surface area contributed by atoms with Gasteiger partial charge in [-0.3, -0.25) is 4.79 Å². The van der Waals surface area contributed by atoms with Crippen LogP contribution in [0.3, 0.4) is 0 Å². The van der Waals surface area contributed by atoms with E-state index in [2.05, 4.69) is 16.4 Å². The molecule has 0 aromatic carbocycles. The first kappa shape index (κ1) is 16.4. The van der Waals surface area contributed by atoms with Crippen molar-refractivity contribution in [2.45, 2.75) is 57.9 Å². The normalized spacial score (nSPS) is 24.1. The van der Waals surface area contributed by atoms with Crippen molar-refractivity contribution in [3.05, 3.63) is 0 Å². The van der Waals surface area contributed by atoms with Crippen molar-refractivity contribution >= 4 is 16.0 Å². The predicted octanol–water partition coefficient (Wildman–Crippen LogP) is 1.83. The molecule has 5 nitrogen and oxygen atoms in total. The molecule has 0 aromatic heterocycles. The van der Waals surface area contributed by atoms with Gasteiger partial charge in [0.05, 0.1) is 12.9 Å². The zero-order valence-electron chi connectivity index (χ0n) is 11.9. The number of ether oxygens (including phenoxy) is 1. The van der Waals surface area contributed by atoms with Crippen molar-refractivity contribution in [1.82, 2.24) is 4.72 Å². The summed E-state index contributed by atoms with van der Waals surface area (Å²) in [4.78, 5) is 10.9. The fourth-order valence-electron chi connectivity index (χ4n) is 2.65. The molecule has 1 fully saturated rings. The smallest absolute Gasteiger partial charge is 0.305 e. The quantitative estimate of drug-likeness (QED) is 0.726. The molecule has 0 bridgehead atoms. The third-order valence-corrected chi connectivity index (χ3v) is 5.27. The van der Waals surface area contributed by atoms with Crippen molar-refractivity contribution in [2.24, 2.45) is 5.92 Å². The van der Waals surface area contributed by atoms with Crippen LogP contribution in [0.5, 0.6) is 0 Å². The maximum absolute atomic E-state index is 12.0. The van der Waals surface area contributed by atoms with Crippen LogP contribution in [0.15, 0.2) is 0 Å². The summed E-state index contributed by atoms with van der Waals surface area (Å²) in [6.07, 6.45) is 5.78. The summed E-state index contributed by atoms with van der Waals surface area (Å²) in [5, 5.41) is 0. The van der Waals surface area contributed by atoms with Gasteiger partial charge in [-0.1, -0.05) is 26.2 Å². The van der Waals surface area contributed by atoms with Crippen LogP contribution in [0.4, 0.5) is 0 Å². The number of hydrogen-bond acceptors (Lipinski definition) is 4. The van der Waals surface area contributed by atoms with Crippen LogP contribution in [0.1, 0.15) is 51.9 Å². The third kappa shape index (κ3) is 5.91. The van der Waals surface area contributed by atoms with E-state index in [4.69, 9.17) is 0 Å². The lowest BCUT2D eigenvalue weighted by Crippen LogP contribution is -2.42. The van der Waals surface area contributed by atoms with Crippen LogP contribution in [0.2, 0.25) is 0 Å². The fraction of sp³-hybridized carbons (Fsp3) is 0.923. The minimum absolute atomic E-state index is 0.00493. The Bertz CT molecular complexity index is 380. The highest BCUT2D eigenvalue weighted by atomic mass is 32.2. The monoisotopic (exact) mass is 291 g/mol. The van der Waals surface area contributed by atoms with E-state index in [0.717, 1.165) is 25.7 Å². The first-order valence-corrected chi connectivity index (χ1v) is 8.70. The van der Waals surface area contributed by atoms with Gasteiger partial charge in [-0.2, -0.15) is 0 Å². The second kappa shape index (κ2) is 7.85. The Morgan fingerprint density at radius 1 is 1.32 bits per heavy atom. The molecule has 0 heterocycles. The number of nitrogens with one attached hydrogen (secondary N) is 1. The Kier molecular flexibility index (Phi) is 6.79. The lowest BCUT2D eigenvalue weighted by molar-refractivity contribution is -0.140. The molecule has 112 valence electrons. The number of rotatable bonds is 7. The van der Waals surface area contributed by atoms with Crippen LogP contribution < -0.4 is 4.72 Å². The Balaban J connectivity index is 2.42. The highest BCUT2D eigenvalue weighted by Gasteiger charge is 2.27. The van der Waals surface area contributed by atoms with Gasteiger partial charge in [-0.15, -0.1) is 0 Å². The summed E-state index contributed by atoms with van der Waals surface area (Å²) in [5.41, 5.74) is 0. The average molecular weight is 291 g/mol. The molecule has 1 aliphatic carbocycles. The second-order valence-electron chi connectivity index (χ2n) is 5.18. The first-order valence-electron chi connectivity index (χ1n) is 7.05. The maximum atomic E-state index is 12.0. The summed E-state index contributed by atoms with van der Waals surface area (Å²) in [5.74, 6) is 0.0816. The van der Waals surface area contributed by atoms with Gasteiger partial charge in [0.15, 0.2) is 0 Å². The van der Waals surface area contributed by atoms with Crippen LogP contribution in [0, 0.1) is 5.92 Å². The molecule has 0 radical (unpaired) electrons. The molecule has 2 atom stereocenters. The lowest BCUT2D eigenvalue weighted by Gasteiger charge is -2.31. The SMILES string of the molecule is CCC1CCCCC1NS(=O)(=O)CCCC(=O)OC. The van der Waals surface area contributed by atoms with E-state index in [1.807, 2.05) is 0 Å². The minimum Gasteiger partial charge on any atom is -0.469 e. The van der Waals surface area contributed by atoms with Crippen molar-refractivity contribution in [3.63, 3.8) is 0 Å². The van der Waals surface area contributed by atoms with E-state index < -0.39 is 10.0 Å². The zero-order valence-corrected chi connectivity index (χ0v) is 12.7. The molecule has 19 heavy (non-hydrogen) atoms. The molecular weight excluding hydrogens is 266 g/mol. The van der Waals surface area contributed by atoms with E-state index in [1.54, 1.807) is 0 Å². The van der Waals surface area contributed by atoms with Gasteiger partial charge in [0, 0.05) is 12.5 Å². The fourth-order valence-corrected chi connectivity index (χ4v) is 4.06. The van der Waals surface area contributed by atoms with Gasteiger partial charge in [-0.25, -0.2) is 13.1 Å². The largest absolute Gasteiger partial charge is 0.469 e. The third-order valence-electron chi connectivity index (χ3n) is 3.79. The summed E-state index contributed by atoms with van der Waals surface area (Å²) in [7, 11) is -1.98. The molecule has 2 unspecified atom stereocenters. The van der Waals surface area contributed by atoms with Crippen molar-refractivity contribution in [3.8, 4) is 0 Å².